The molecule has 0 bridgehead atoms. The summed E-state index contributed by atoms with van der Waals surface area (Å²) in [5.41, 5.74) is 0.958. The van der Waals surface area contributed by atoms with E-state index in [1.807, 2.05) is 16.7 Å². The van der Waals surface area contributed by atoms with E-state index in [9.17, 15) is 4.79 Å². The standard InChI is InChI=1S/C13H14N2O2S/c16-8-2-4-11-3-1-5-14-12(11)13(17)15-6-9-18-10-7-15/h1,3,5,16H,6-10H2. The zero-order valence-electron chi connectivity index (χ0n) is 9.93. The zero-order chi connectivity index (χ0) is 12.8. The fraction of sp³-hybridized carbons (Fsp3) is 0.385. The molecule has 1 fully saturated rings. The van der Waals surface area contributed by atoms with Gasteiger partial charge in [-0.2, -0.15) is 11.8 Å². The lowest BCUT2D eigenvalue weighted by Crippen LogP contribution is -2.38. The molecule has 1 N–H and O–H groups in total. The molecule has 18 heavy (non-hydrogen) atoms. The molecule has 1 aliphatic rings. The summed E-state index contributed by atoms with van der Waals surface area (Å²) in [6.07, 6.45) is 1.59. The molecule has 0 aromatic carbocycles. The lowest BCUT2D eigenvalue weighted by molar-refractivity contribution is 0.0766. The van der Waals surface area contributed by atoms with Crippen molar-refractivity contribution in [1.29, 1.82) is 0 Å². The van der Waals surface area contributed by atoms with Gasteiger partial charge in [-0.3, -0.25) is 4.79 Å². The Labute approximate surface area is 110 Å². The molecule has 0 unspecified atom stereocenters. The Balaban J connectivity index is 2.23. The van der Waals surface area contributed by atoms with Gasteiger partial charge in [0.05, 0.1) is 5.56 Å². The predicted octanol–water partition coefficient (Wildman–Crippen LogP) is 0.614. The van der Waals surface area contributed by atoms with Gasteiger partial charge in [0.25, 0.3) is 5.91 Å². The average molecular weight is 262 g/mol. The highest BCUT2D eigenvalue weighted by Crippen LogP contribution is 2.13. The van der Waals surface area contributed by atoms with Crippen LogP contribution in [0.15, 0.2) is 18.3 Å². The van der Waals surface area contributed by atoms with E-state index in [0.717, 1.165) is 24.6 Å². The number of thioether (sulfide) groups is 1. The Hall–Kier alpha value is -1.51. The first-order chi connectivity index (χ1) is 8.83. The molecular weight excluding hydrogens is 248 g/mol. The van der Waals surface area contributed by atoms with Gasteiger partial charge >= 0.3 is 0 Å². The number of aromatic nitrogens is 1. The smallest absolute Gasteiger partial charge is 0.273 e. The van der Waals surface area contributed by atoms with E-state index >= 15 is 0 Å². The molecule has 5 heteroatoms. The van der Waals surface area contributed by atoms with Crippen LogP contribution in [-0.4, -0.2) is 52.1 Å². The summed E-state index contributed by atoms with van der Waals surface area (Å²) in [5.74, 6) is 7.19. The highest BCUT2D eigenvalue weighted by Gasteiger charge is 2.21. The molecule has 0 spiro atoms. The van der Waals surface area contributed by atoms with Gasteiger partial charge in [-0.15, -0.1) is 0 Å². The summed E-state index contributed by atoms with van der Waals surface area (Å²) in [4.78, 5) is 18.2. The number of carbonyl (C=O) groups excluding carboxylic acids is 1. The highest BCUT2D eigenvalue weighted by atomic mass is 32.2. The fourth-order valence-corrected chi connectivity index (χ4v) is 2.63. The number of carbonyl (C=O) groups is 1. The number of hydrogen-bond acceptors (Lipinski definition) is 4. The SMILES string of the molecule is O=C(c1ncccc1C#CCO)N1CCSCC1. The highest BCUT2D eigenvalue weighted by molar-refractivity contribution is 7.99. The zero-order valence-corrected chi connectivity index (χ0v) is 10.7. The molecule has 1 aliphatic heterocycles. The van der Waals surface area contributed by atoms with E-state index in [1.54, 1.807) is 18.3 Å². The van der Waals surface area contributed by atoms with Crippen molar-refractivity contribution in [1.82, 2.24) is 9.88 Å². The minimum Gasteiger partial charge on any atom is -0.384 e. The number of nitrogens with zero attached hydrogens (tertiary/aromatic N) is 2. The van der Waals surface area contributed by atoms with E-state index in [2.05, 4.69) is 16.8 Å². The maximum atomic E-state index is 12.3. The first kappa shape index (κ1) is 12.9. The van der Waals surface area contributed by atoms with Crippen molar-refractivity contribution in [3.05, 3.63) is 29.6 Å². The third-order valence-electron chi connectivity index (χ3n) is 2.61. The van der Waals surface area contributed by atoms with Crippen molar-refractivity contribution >= 4 is 17.7 Å². The monoisotopic (exact) mass is 262 g/mol. The number of pyridine rings is 1. The van der Waals surface area contributed by atoms with Crippen LogP contribution in [0, 0.1) is 11.8 Å². The summed E-state index contributed by atoms with van der Waals surface area (Å²) < 4.78 is 0. The Kier molecular flexibility index (Phi) is 4.62. The normalized spacial score (nSPS) is 14.8. The lowest BCUT2D eigenvalue weighted by Gasteiger charge is -2.26. The van der Waals surface area contributed by atoms with Gasteiger partial charge in [-0.1, -0.05) is 11.8 Å². The second kappa shape index (κ2) is 6.43. The largest absolute Gasteiger partial charge is 0.384 e. The molecule has 1 amide bonds. The third kappa shape index (κ3) is 3.03. The van der Waals surface area contributed by atoms with Gasteiger partial charge in [0.2, 0.25) is 0 Å². The number of aliphatic hydroxyl groups is 1. The molecule has 4 nitrogen and oxygen atoms in total. The summed E-state index contributed by atoms with van der Waals surface area (Å²) in [6, 6.07) is 3.49. The summed E-state index contributed by atoms with van der Waals surface area (Å²) >= 11 is 1.85. The van der Waals surface area contributed by atoms with Crippen molar-refractivity contribution in [2.45, 2.75) is 0 Å². The fourth-order valence-electron chi connectivity index (χ4n) is 1.73. The van der Waals surface area contributed by atoms with Gasteiger partial charge in [-0.25, -0.2) is 4.98 Å². The third-order valence-corrected chi connectivity index (χ3v) is 3.55. The second-order valence-corrected chi connectivity index (χ2v) is 4.99. The molecule has 94 valence electrons. The van der Waals surface area contributed by atoms with Crippen LogP contribution in [0.4, 0.5) is 0 Å². The van der Waals surface area contributed by atoms with Crippen molar-refractivity contribution in [3.8, 4) is 11.8 Å². The first-order valence-corrected chi connectivity index (χ1v) is 6.90. The van der Waals surface area contributed by atoms with Crippen LogP contribution in [-0.2, 0) is 0 Å². The second-order valence-electron chi connectivity index (χ2n) is 3.76. The Morgan fingerprint density at radius 2 is 2.28 bits per heavy atom. The van der Waals surface area contributed by atoms with Crippen LogP contribution in [0.2, 0.25) is 0 Å². The van der Waals surface area contributed by atoms with Crippen LogP contribution in [0.3, 0.4) is 0 Å². The minimum absolute atomic E-state index is 0.0712. The van der Waals surface area contributed by atoms with Crippen LogP contribution in [0.25, 0.3) is 0 Å². The number of rotatable bonds is 1. The molecule has 1 aromatic heterocycles. The van der Waals surface area contributed by atoms with Crippen LogP contribution < -0.4 is 0 Å². The van der Waals surface area contributed by atoms with E-state index in [4.69, 9.17) is 5.11 Å². The predicted molar refractivity (Wildman–Crippen MR) is 71.4 cm³/mol. The molecule has 1 aromatic rings. The number of amides is 1. The van der Waals surface area contributed by atoms with Crippen molar-refractivity contribution in [2.75, 3.05) is 31.2 Å². The van der Waals surface area contributed by atoms with Crippen molar-refractivity contribution < 1.29 is 9.90 Å². The molecule has 2 heterocycles. The Bertz CT molecular complexity index is 487. The quantitative estimate of drug-likeness (QED) is 0.754. The van der Waals surface area contributed by atoms with E-state index in [-0.39, 0.29) is 12.5 Å². The van der Waals surface area contributed by atoms with Crippen molar-refractivity contribution in [3.63, 3.8) is 0 Å². The number of hydrogen-bond donors (Lipinski definition) is 1. The van der Waals surface area contributed by atoms with Crippen LogP contribution in [0.5, 0.6) is 0 Å². The lowest BCUT2D eigenvalue weighted by atomic mass is 10.1. The Morgan fingerprint density at radius 3 is 3.00 bits per heavy atom. The molecular formula is C13H14N2O2S. The molecule has 1 saturated heterocycles. The maximum Gasteiger partial charge on any atom is 0.273 e. The Morgan fingerprint density at radius 1 is 1.50 bits per heavy atom. The maximum absolute atomic E-state index is 12.3. The van der Waals surface area contributed by atoms with Gasteiger partial charge < -0.3 is 10.0 Å². The van der Waals surface area contributed by atoms with Crippen LogP contribution >= 0.6 is 11.8 Å². The summed E-state index contributed by atoms with van der Waals surface area (Å²) in [5, 5.41) is 8.71. The molecule has 0 atom stereocenters. The average Bonchev–Trinajstić information content (AvgIpc) is 2.45. The van der Waals surface area contributed by atoms with E-state index in [0.29, 0.717) is 11.3 Å². The van der Waals surface area contributed by atoms with E-state index in [1.165, 1.54) is 0 Å². The van der Waals surface area contributed by atoms with Gasteiger partial charge in [0.1, 0.15) is 12.3 Å². The minimum atomic E-state index is -0.219. The van der Waals surface area contributed by atoms with Crippen LogP contribution in [0.1, 0.15) is 16.1 Å². The van der Waals surface area contributed by atoms with E-state index < -0.39 is 0 Å². The number of aliphatic hydroxyl groups excluding tert-OH is 1. The first-order valence-electron chi connectivity index (χ1n) is 5.74. The van der Waals surface area contributed by atoms with Crippen molar-refractivity contribution in [2.24, 2.45) is 0 Å². The molecule has 0 saturated carbocycles. The summed E-state index contributed by atoms with van der Waals surface area (Å²) in [7, 11) is 0. The molecule has 2 rings (SSSR count). The summed E-state index contributed by atoms with van der Waals surface area (Å²) in [6.45, 7) is 1.29. The van der Waals surface area contributed by atoms with Gasteiger partial charge in [0.15, 0.2) is 0 Å². The molecule has 0 radical (unpaired) electrons. The van der Waals surface area contributed by atoms with Gasteiger partial charge in [0, 0.05) is 30.8 Å². The van der Waals surface area contributed by atoms with Gasteiger partial charge in [-0.05, 0) is 12.1 Å². The topological polar surface area (TPSA) is 53.4 Å². The molecule has 0 aliphatic carbocycles.